The zero-order valence-corrected chi connectivity index (χ0v) is 15.8. The third-order valence-corrected chi connectivity index (χ3v) is 3.68. The molecule has 0 aromatic heterocycles. The largest absolute Gasteiger partial charge is 0.459 e. The number of esters is 2. The lowest BCUT2D eigenvalue weighted by atomic mass is 10.0. The Balaban J connectivity index is 2.90. The van der Waals surface area contributed by atoms with Gasteiger partial charge in [-0.15, -0.1) is 0 Å². The molecule has 1 aromatic carbocycles. The number of benzene rings is 1. The van der Waals surface area contributed by atoms with Crippen molar-refractivity contribution in [2.24, 2.45) is 17.4 Å². The van der Waals surface area contributed by atoms with Gasteiger partial charge in [-0.05, 0) is 45.7 Å². The van der Waals surface area contributed by atoms with Crippen molar-refractivity contribution in [1.82, 2.24) is 4.72 Å². The molecule has 0 aliphatic carbocycles. The molecule has 146 valence electrons. The van der Waals surface area contributed by atoms with E-state index in [2.05, 4.69) is 0 Å². The number of para-hydroxylation sites is 1. The second-order valence-electron chi connectivity index (χ2n) is 6.77. The average molecular weight is 387 g/mol. The molecule has 0 aliphatic heterocycles. The molecule has 0 saturated carbocycles. The van der Waals surface area contributed by atoms with Crippen molar-refractivity contribution in [1.29, 1.82) is 0 Å². The number of nitrogens with one attached hydrogen (secondary N) is 1. The van der Waals surface area contributed by atoms with E-state index < -0.39 is 40.1 Å². The van der Waals surface area contributed by atoms with E-state index >= 15 is 0 Å². The maximum absolute atomic E-state index is 12.4. The van der Waals surface area contributed by atoms with Crippen LogP contribution in [0.2, 0.25) is 0 Å². The van der Waals surface area contributed by atoms with Gasteiger partial charge in [-0.3, -0.25) is 9.59 Å². The van der Waals surface area contributed by atoms with Crippen LogP contribution in [0.1, 0.15) is 33.6 Å². The van der Waals surface area contributed by atoms with Gasteiger partial charge in [0.05, 0.1) is 0 Å². The second-order valence-corrected chi connectivity index (χ2v) is 7.51. The van der Waals surface area contributed by atoms with Gasteiger partial charge in [-0.25, -0.2) is 8.42 Å². The third-order valence-electron chi connectivity index (χ3n) is 3.08. The van der Waals surface area contributed by atoms with Crippen LogP contribution in [0.3, 0.4) is 0 Å². The Morgan fingerprint density at radius 3 is 2.19 bits per heavy atom. The molecule has 1 atom stereocenters. The maximum Gasteiger partial charge on any atom is 0.325 e. The molecule has 0 amide bonds. The van der Waals surface area contributed by atoms with Crippen molar-refractivity contribution < 1.29 is 27.5 Å². The molecule has 0 spiro atoms. The van der Waals surface area contributed by atoms with Crippen LogP contribution in [0.15, 0.2) is 30.3 Å². The van der Waals surface area contributed by atoms with Gasteiger partial charge in [0.25, 0.3) is 0 Å². The van der Waals surface area contributed by atoms with Crippen molar-refractivity contribution in [2.75, 3.05) is 0 Å². The molecule has 1 rings (SSSR count). The number of thiol groups is 1. The molecule has 1 unspecified atom stereocenters. The molecule has 26 heavy (non-hydrogen) atoms. The van der Waals surface area contributed by atoms with Crippen LogP contribution in [-0.2, 0) is 25.2 Å². The average Bonchev–Trinajstić information content (AvgIpc) is 2.44. The van der Waals surface area contributed by atoms with Gasteiger partial charge in [-0.1, -0.05) is 18.2 Å². The molecule has 5 N–H and O–H groups in total. The third kappa shape index (κ3) is 8.39. The first-order chi connectivity index (χ1) is 11.9. The molecule has 0 bridgehead atoms. The van der Waals surface area contributed by atoms with E-state index in [1.165, 1.54) is 0 Å². The van der Waals surface area contributed by atoms with Gasteiger partial charge >= 0.3 is 11.9 Å². The minimum atomic E-state index is -3.04. The summed E-state index contributed by atoms with van der Waals surface area (Å²) in [5.41, 5.74) is 10.4. The van der Waals surface area contributed by atoms with E-state index in [1.54, 1.807) is 51.1 Å². The van der Waals surface area contributed by atoms with Crippen LogP contribution in [0, 0.1) is 5.92 Å². The lowest BCUT2D eigenvalue weighted by molar-refractivity contribution is -0.166. The topological polar surface area (TPSA) is 151 Å². The van der Waals surface area contributed by atoms with Crippen molar-refractivity contribution >= 4 is 22.8 Å². The first-order valence-corrected chi connectivity index (χ1v) is 9.07. The Morgan fingerprint density at radius 2 is 1.69 bits per heavy atom. The highest BCUT2D eigenvalue weighted by atomic mass is 32.2. The van der Waals surface area contributed by atoms with E-state index in [4.69, 9.17) is 20.9 Å². The summed E-state index contributed by atoms with van der Waals surface area (Å²) < 4.78 is 33.9. The Kier molecular flexibility index (Phi) is 7.69. The zero-order valence-electron chi connectivity index (χ0n) is 14.9. The molecular weight excluding hydrogens is 362 g/mol. The number of nitrogens with two attached hydrogens (primary N) is 2. The van der Waals surface area contributed by atoms with E-state index in [1.807, 2.05) is 4.72 Å². The molecule has 10 heteroatoms. The molecule has 0 fully saturated rings. The summed E-state index contributed by atoms with van der Waals surface area (Å²) >= 11 is 0. The Labute approximate surface area is 154 Å². The predicted molar refractivity (Wildman–Crippen MR) is 95.2 cm³/mol. The van der Waals surface area contributed by atoms with Crippen LogP contribution >= 0.6 is 0 Å². The quantitative estimate of drug-likeness (QED) is 0.160. The van der Waals surface area contributed by atoms with Crippen molar-refractivity contribution in [3.63, 3.8) is 0 Å². The highest BCUT2D eigenvalue weighted by Gasteiger charge is 2.35. The fourth-order valence-electron chi connectivity index (χ4n) is 1.99. The standard InChI is InChI=1S/C16H25N3O6S/c1-15(2,3)25-14(21)12(9-10-16(17,18)19-26(22)23)13(20)24-11-7-5-4-6-8-11/h4-8,12,26H,9-10,17-18H2,1-3H3,(H,19,22,23). The van der Waals surface area contributed by atoms with Crippen molar-refractivity contribution in [2.45, 2.75) is 45.0 Å². The minimum absolute atomic E-state index is 0.163. The van der Waals surface area contributed by atoms with Crippen LogP contribution in [0.5, 0.6) is 5.75 Å². The maximum atomic E-state index is 12.4. The summed E-state index contributed by atoms with van der Waals surface area (Å²) in [6, 6.07) is 8.21. The van der Waals surface area contributed by atoms with Crippen LogP contribution in [0.4, 0.5) is 0 Å². The fraction of sp³-hybridized carbons (Fsp3) is 0.500. The summed E-state index contributed by atoms with van der Waals surface area (Å²) in [4.78, 5) is 24.8. The number of ether oxygens (including phenoxy) is 2. The zero-order chi connectivity index (χ0) is 20.0. The van der Waals surface area contributed by atoms with Crippen LogP contribution in [0.25, 0.3) is 0 Å². The summed E-state index contributed by atoms with van der Waals surface area (Å²) in [5, 5.41) is 0. The SMILES string of the molecule is CC(C)(C)OC(=O)C(CCC(N)(N)N[SH](=O)=O)C(=O)Oc1ccccc1. The Morgan fingerprint density at radius 1 is 1.12 bits per heavy atom. The normalized spacial score (nSPS) is 13.3. The minimum Gasteiger partial charge on any atom is -0.459 e. The Bertz CT molecular complexity index is 690. The van der Waals surface area contributed by atoms with Gasteiger partial charge in [0.15, 0.2) is 5.92 Å². The summed E-state index contributed by atoms with van der Waals surface area (Å²) in [6.07, 6.45) is -0.353. The number of carbonyl (C=O) groups is 2. The summed E-state index contributed by atoms with van der Waals surface area (Å²) in [6.45, 7) is 4.97. The molecular formula is C16H25N3O6S. The molecule has 0 radical (unpaired) electrons. The van der Waals surface area contributed by atoms with Crippen LogP contribution < -0.4 is 20.9 Å². The summed E-state index contributed by atoms with van der Waals surface area (Å²) in [5.74, 6) is -4.50. The van der Waals surface area contributed by atoms with E-state index in [-0.39, 0.29) is 18.6 Å². The van der Waals surface area contributed by atoms with E-state index in [0.29, 0.717) is 0 Å². The van der Waals surface area contributed by atoms with Gasteiger partial charge < -0.3 is 20.9 Å². The van der Waals surface area contributed by atoms with Gasteiger partial charge in [0.2, 0.25) is 10.9 Å². The first-order valence-electron chi connectivity index (χ1n) is 7.89. The number of rotatable bonds is 8. The molecule has 0 heterocycles. The number of carbonyl (C=O) groups excluding carboxylic acids is 2. The van der Waals surface area contributed by atoms with Crippen molar-refractivity contribution in [3.05, 3.63) is 30.3 Å². The highest BCUT2D eigenvalue weighted by molar-refractivity contribution is 7.70. The lowest BCUT2D eigenvalue weighted by Crippen LogP contribution is -2.60. The molecule has 1 aromatic rings. The molecule has 0 aliphatic rings. The van der Waals surface area contributed by atoms with Crippen molar-refractivity contribution in [3.8, 4) is 5.75 Å². The number of hydrogen-bond donors (Lipinski definition) is 4. The molecule has 0 saturated heterocycles. The lowest BCUT2D eigenvalue weighted by Gasteiger charge is -2.26. The number of hydrogen-bond acceptors (Lipinski definition) is 8. The predicted octanol–water partition coefficient (Wildman–Crippen LogP) is 0.0173. The first kappa shape index (κ1) is 22.0. The molecule has 9 nitrogen and oxygen atoms in total. The van der Waals surface area contributed by atoms with E-state index in [9.17, 15) is 18.0 Å². The van der Waals surface area contributed by atoms with Gasteiger partial charge in [0.1, 0.15) is 17.1 Å². The fourth-order valence-corrected chi connectivity index (χ4v) is 2.44. The van der Waals surface area contributed by atoms with E-state index in [0.717, 1.165) is 0 Å². The summed E-state index contributed by atoms with van der Waals surface area (Å²) in [7, 11) is -3.04. The monoisotopic (exact) mass is 387 g/mol. The second kappa shape index (κ2) is 9.08. The van der Waals surface area contributed by atoms with Gasteiger partial charge in [-0.2, -0.15) is 4.72 Å². The van der Waals surface area contributed by atoms with Gasteiger partial charge in [0, 0.05) is 0 Å². The highest BCUT2D eigenvalue weighted by Crippen LogP contribution is 2.20. The smallest absolute Gasteiger partial charge is 0.325 e. The Hall–Kier alpha value is -2.01. The van der Waals surface area contributed by atoms with Crippen LogP contribution in [-0.4, -0.2) is 31.7 Å².